The summed E-state index contributed by atoms with van der Waals surface area (Å²) in [5, 5.41) is 5.19. The zero-order valence-electron chi connectivity index (χ0n) is 13.7. The van der Waals surface area contributed by atoms with Gasteiger partial charge in [-0.25, -0.2) is 4.79 Å². The number of urea groups is 1. The van der Waals surface area contributed by atoms with E-state index in [9.17, 15) is 18.0 Å². The fourth-order valence-electron chi connectivity index (χ4n) is 2.02. The summed E-state index contributed by atoms with van der Waals surface area (Å²) in [5.74, 6) is 0.720. The number of amides is 2. The predicted octanol–water partition coefficient (Wildman–Crippen LogP) is 3.89. The van der Waals surface area contributed by atoms with Crippen LogP contribution in [0.2, 0.25) is 0 Å². The van der Waals surface area contributed by atoms with E-state index in [2.05, 4.69) is 10.6 Å². The zero-order valence-corrected chi connectivity index (χ0v) is 13.7. The van der Waals surface area contributed by atoms with Crippen LogP contribution in [0.1, 0.15) is 16.7 Å². The fraction of sp³-hybridized carbons (Fsp3) is 0.278. The molecule has 2 rings (SSSR count). The summed E-state index contributed by atoms with van der Waals surface area (Å²) in [4.78, 5) is 11.6. The number of benzene rings is 2. The number of aryl methyl sites for hydroxylation is 1. The van der Waals surface area contributed by atoms with Gasteiger partial charge in [-0.2, -0.15) is 13.2 Å². The van der Waals surface area contributed by atoms with Crippen LogP contribution in [0, 0.1) is 6.92 Å². The molecule has 2 amide bonds. The minimum absolute atomic E-state index is 0.142. The Hall–Kier alpha value is -2.70. The lowest BCUT2D eigenvalue weighted by Gasteiger charge is -2.10. The Morgan fingerprint density at radius 2 is 1.64 bits per heavy atom. The van der Waals surface area contributed by atoms with Crippen molar-refractivity contribution >= 4 is 6.03 Å². The second kappa shape index (κ2) is 8.41. The molecule has 2 aromatic carbocycles. The number of hydrogen-bond acceptors (Lipinski definition) is 2. The van der Waals surface area contributed by atoms with E-state index < -0.39 is 17.8 Å². The van der Waals surface area contributed by atoms with Crippen molar-refractivity contribution in [3.63, 3.8) is 0 Å². The molecule has 0 unspecified atom stereocenters. The van der Waals surface area contributed by atoms with Crippen molar-refractivity contribution in [3.8, 4) is 5.75 Å². The van der Waals surface area contributed by atoms with E-state index in [-0.39, 0.29) is 6.54 Å². The van der Waals surface area contributed by atoms with Crippen molar-refractivity contribution in [2.24, 2.45) is 0 Å². The van der Waals surface area contributed by atoms with E-state index in [1.54, 1.807) is 0 Å². The lowest BCUT2D eigenvalue weighted by atomic mass is 10.1. The summed E-state index contributed by atoms with van der Waals surface area (Å²) >= 11 is 0. The Morgan fingerprint density at radius 3 is 2.24 bits per heavy atom. The summed E-state index contributed by atoms with van der Waals surface area (Å²) in [5.41, 5.74) is 1.00. The fourth-order valence-corrected chi connectivity index (χ4v) is 2.02. The van der Waals surface area contributed by atoms with Gasteiger partial charge in [-0.3, -0.25) is 0 Å². The summed E-state index contributed by atoms with van der Waals surface area (Å²) in [6.45, 7) is 2.75. The van der Waals surface area contributed by atoms with E-state index in [4.69, 9.17) is 4.74 Å². The second-order valence-electron chi connectivity index (χ2n) is 5.47. The van der Waals surface area contributed by atoms with Gasteiger partial charge in [0, 0.05) is 6.54 Å². The quantitative estimate of drug-likeness (QED) is 0.775. The van der Waals surface area contributed by atoms with E-state index >= 15 is 0 Å². The molecule has 0 aromatic heterocycles. The Morgan fingerprint density at radius 1 is 1.00 bits per heavy atom. The third-order valence-electron chi connectivity index (χ3n) is 3.41. The van der Waals surface area contributed by atoms with Crippen molar-refractivity contribution in [3.05, 3.63) is 65.2 Å². The highest BCUT2D eigenvalue weighted by Gasteiger charge is 2.29. The van der Waals surface area contributed by atoms with Gasteiger partial charge in [0.1, 0.15) is 12.4 Å². The molecule has 0 bridgehead atoms. The van der Waals surface area contributed by atoms with Crippen LogP contribution in [-0.4, -0.2) is 19.2 Å². The van der Waals surface area contributed by atoms with E-state index in [0.29, 0.717) is 18.7 Å². The van der Waals surface area contributed by atoms with Gasteiger partial charge >= 0.3 is 12.2 Å². The Labute approximate surface area is 144 Å². The topological polar surface area (TPSA) is 50.4 Å². The highest BCUT2D eigenvalue weighted by Crippen LogP contribution is 2.29. The van der Waals surface area contributed by atoms with E-state index in [0.717, 1.165) is 23.4 Å². The second-order valence-corrected chi connectivity index (χ2v) is 5.47. The molecule has 25 heavy (non-hydrogen) atoms. The van der Waals surface area contributed by atoms with Crippen LogP contribution in [0.3, 0.4) is 0 Å². The predicted molar refractivity (Wildman–Crippen MR) is 88.4 cm³/mol. The lowest BCUT2D eigenvalue weighted by Crippen LogP contribution is -2.37. The molecule has 0 radical (unpaired) electrons. The molecular weight excluding hydrogens is 333 g/mol. The molecule has 0 saturated heterocycles. The third kappa shape index (κ3) is 6.37. The van der Waals surface area contributed by atoms with Crippen LogP contribution >= 0.6 is 0 Å². The molecule has 0 aliphatic carbocycles. The monoisotopic (exact) mass is 352 g/mol. The maximum Gasteiger partial charge on any atom is 0.416 e. The number of halogens is 3. The van der Waals surface area contributed by atoms with Crippen LogP contribution in [-0.2, 0) is 12.7 Å². The lowest BCUT2D eigenvalue weighted by molar-refractivity contribution is -0.137. The standard InChI is InChI=1S/C18H19F3N2O2/c1-13-2-8-16(9-3-13)25-11-10-22-17(24)23-12-14-4-6-15(7-5-14)18(19,20)21/h2-9H,10-12H2,1H3,(H2,22,23,24). The molecule has 0 atom stereocenters. The normalized spacial score (nSPS) is 11.0. The Kier molecular flexibility index (Phi) is 6.27. The summed E-state index contributed by atoms with van der Waals surface area (Å²) < 4.78 is 42.8. The highest BCUT2D eigenvalue weighted by molar-refractivity contribution is 5.73. The SMILES string of the molecule is Cc1ccc(OCCNC(=O)NCc2ccc(C(F)(F)F)cc2)cc1. The average molecular weight is 352 g/mol. The van der Waals surface area contributed by atoms with Gasteiger partial charge in [-0.1, -0.05) is 29.8 Å². The van der Waals surface area contributed by atoms with E-state index in [1.807, 2.05) is 31.2 Å². The average Bonchev–Trinajstić information content (AvgIpc) is 2.58. The van der Waals surface area contributed by atoms with E-state index in [1.165, 1.54) is 12.1 Å². The number of carbonyl (C=O) groups excluding carboxylic acids is 1. The van der Waals surface area contributed by atoms with Gasteiger partial charge in [-0.15, -0.1) is 0 Å². The molecule has 134 valence electrons. The van der Waals surface area contributed by atoms with Crippen LogP contribution in [0.25, 0.3) is 0 Å². The number of carbonyl (C=O) groups is 1. The van der Waals surface area contributed by atoms with Gasteiger partial charge in [0.05, 0.1) is 12.1 Å². The molecule has 4 nitrogen and oxygen atoms in total. The number of rotatable bonds is 6. The minimum Gasteiger partial charge on any atom is -0.492 e. The summed E-state index contributed by atoms with van der Waals surface area (Å²) in [6, 6.07) is 11.8. The third-order valence-corrected chi connectivity index (χ3v) is 3.41. The molecule has 7 heteroatoms. The molecule has 2 aromatic rings. The molecular formula is C18H19F3N2O2. The van der Waals surface area contributed by atoms with Gasteiger partial charge in [0.25, 0.3) is 0 Å². The maximum atomic E-state index is 12.5. The maximum absolute atomic E-state index is 12.5. The molecule has 0 aliphatic rings. The first-order valence-corrected chi connectivity index (χ1v) is 7.72. The summed E-state index contributed by atoms with van der Waals surface area (Å²) in [7, 11) is 0. The number of hydrogen-bond donors (Lipinski definition) is 2. The molecule has 0 saturated carbocycles. The Bertz CT molecular complexity index is 683. The number of alkyl halides is 3. The van der Waals surface area contributed by atoms with Gasteiger partial charge in [0.2, 0.25) is 0 Å². The van der Waals surface area contributed by atoms with Gasteiger partial charge in [0.15, 0.2) is 0 Å². The molecule has 0 spiro atoms. The largest absolute Gasteiger partial charge is 0.492 e. The number of nitrogens with one attached hydrogen (secondary N) is 2. The first kappa shape index (κ1) is 18.6. The zero-order chi connectivity index (χ0) is 18.3. The minimum atomic E-state index is -4.36. The van der Waals surface area contributed by atoms with Crippen molar-refractivity contribution in [1.82, 2.24) is 10.6 Å². The highest BCUT2D eigenvalue weighted by atomic mass is 19.4. The number of ether oxygens (including phenoxy) is 1. The van der Waals surface area contributed by atoms with Crippen molar-refractivity contribution < 1.29 is 22.7 Å². The molecule has 2 N–H and O–H groups in total. The first-order chi connectivity index (χ1) is 11.8. The van der Waals surface area contributed by atoms with Gasteiger partial charge < -0.3 is 15.4 Å². The van der Waals surface area contributed by atoms with Crippen LogP contribution in [0.15, 0.2) is 48.5 Å². The van der Waals surface area contributed by atoms with Gasteiger partial charge in [-0.05, 0) is 36.8 Å². The van der Waals surface area contributed by atoms with Crippen molar-refractivity contribution in [1.29, 1.82) is 0 Å². The first-order valence-electron chi connectivity index (χ1n) is 7.72. The Balaban J connectivity index is 1.66. The molecule has 0 heterocycles. The van der Waals surface area contributed by atoms with Crippen LogP contribution < -0.4 is 15.4 Å². The summed E-state index contributed by atoms with van der Waals surface area (Å²) in [6.07, 6.45) is -4.36. The van der Waals surface area contributed by atoms with Crippen molar-refractivity contribution in [2.45, 2.75) is 19.6 Å². The van der Waals surface area contributed by atoms with Crippen LogP contribution in [0.4, 0.5) is 18.0 Å². The van der Waals surface area contributed by atoms with Crippen LogP contribution in [0.5, 0.6) is 5.75 Å². The molecule has 0 aliphatic heterocycles. The smallest absolute Gasteiger partial charge is 0.416 e. The molecule has 0 fully saturated rings. The van der Waals surface area contributed by atoms with Crippen molar-refractivity contribution in [2.75, 3.05) is 13.2 Å².